The van der Waals surface area contributed by atoms with Gasteiger partial charge in [-0.3, -0.25) is 0 Å². The molecule has 1 aromatic heterocycles. The molecule has 0 unspecified atom stereocenters. The summed E-state index contributed by atoms with van der Waals surface area (Å²) in [4.78, 5) is 25.0. The third-order valence-electron chi connectivity index (χ3n) is 5.44. The molecule has 0 spiro atoms. The fourth-order valence-electron chi connectivity index (χ4n) is 3.41. The Kier molecular flexibility index (Phi) is 6.85. The third kappa shape index (κ3) is 5.08. The highest BCUT2D eigenvalue weighted by Gasteiger charge is 2.32. The molecular weight excluding hydrogens is 430 g/mol. The summed E-state index contributed by atoms with van der Waals surface area (Å²) in [5, 5.41) is 0.493. The van der Waals surface area contributed by atoms with Crippen molar-refractivity contribution in [1.29, 1.82) is 0 Å². The molecule has 32 heavy (non-hydrogen) atoms. The molecule has 7 nitrogen and oxygen atoms in total. The largest absolute Gasteiger partial charge is 0.425 e. The average Bonchev–Trinajstić information content (AvgIpc) is 2.70. The molecule has 2 aromatic carbocycles. The van der Waals surface area contributed by atoms with E-state index in [1.807, 2.05) is 13.8 Å². The SMILES string of the molecule is CC[C@@H](C)[C@@H](NS(=O)(=O)c1ccc(C)cc1)C(=O)Oc1cc(C)cc2oc(=O)cc(C)c12. The van der Waals surface area contributed by atoms with Gasteiger partial charge >= 0.3 is 11.6 Å². The van der Waals surface area contributed by atoms with Crippen molar-refractivity contribution in [3.8, 4) is 5.75 Å². The molecule has 1 N–H and O–H groups in total. The number of aryl methyl sites for hydroxylation is 3. The van der Waals surface area contributed by atoms with Gasteiger partial charge in [-0.2, -0.15) is 4.72 Å². The summed E-state index contributed by atoms with van der Waals surface area (Å²) in [5.41, 5.74) is 2.06. The second-order valence-electron chi connectivity index (χ2n) is 8.10. The summed E-state index contributed by atoms with van der Waals surface area (Å²) in [5.74, 6) is -0.834. The molecule has 0 aliphatic heterocycles. The topological polar surface area (TPSA) is 103 Å². The number of benzene rings is 2. The second kappa shape index (κ2) is 9.26. The van der Waals surface area contributed by atoms with Gasteiger partial charge in [0.25, 0.3) is 0 Å². The minimum atomic E-state index is -3.94. The quantitative estimate of drug-likeness (QED) is 0.327. The van der Waals surface area contributed by atoms with Crippen LogP contribution in [0.2, 0.25) is 0 Å². The average molecular weight is 458 g/mol. The summed E-state index contributed by atoms with van der Waals surface area (Å²) < 4.78 is 39.3. The monoisotopic (exact) mass is 457 g/mol. The first kappa shape index (κ1) is 23.7. The maximum absolute atomic E-state index is 13.2. The molecule has 8 heteroatoms. The van der Waals surface area contributed by atoms with Gasteiger partial charge in [-0.15, -0.1) is 0 Å². The van der Waals surface area contributed by atoms with Crippen LogP contribution in [0.25, 0.3) is 11.0 Å². The van der Waals surface area contributed by atoms with Crippen LogP contribution in [0.15, 0.2) is 56.6 Å². The standard InChI is InChI=1S/C24H27NO6S/c1-6-16(4)23(25-32(28,29)18-9-7-14(2)8-10-18)24(27)31-20-12-15(3)11-19-22(20)17(5)13-21(26)30-19/h7-13,16,23,25H,6H2,1-5H3/t16-,23-/m1/s1. The smallest absolute Gasteiger partial charge is 0.336 e. The lowest BCUT2D eigenvalue weighted by atomic mass is 10.0. The first-order chi connectivity index (χ1) is 15.0. The lowest BCUT2D eigenvalue weighted by Gasteiger charge is -2.23. The summed E-state index contributed by atoms with van der Waals surface area (Å²) in [6.45, 7) is 9.01. The van der Waals surface area contributed by atoms with Crippen molar-refractivity contribution in [2.24, 2.45) is 5.92 Å². The molecule has 0 saturated heterocycles. The molecule has 0 amide bonds. The highest BCUT2D eigenvalue weighted by Crippen LogP contribution is 2.30. The van der Waals surface area contributed by atoms with Crippen LogP contribution >= 0.6 is 0 Å². The van der Waals surface area contributed by atoms with Gasteiger partial charge in [0.05, 0.1) is 10.3 Å². The third-order valence-corrected chi connectivity index (χ3v) is 6.90. The predicted molar refractivity (Wildman–Crippen MR) is 122 cm³/mol. The maximum Gasteiger partial charge on any atom is 0.336 e. The van der Waals surface area contributed by atoms with Crippen molar-refractivity contribution in [2.75, 3.05) is 0 Å². The summed E-state index contributed by atoms with van der Waals surface area (Å²) in [6, 6.07) is 9.95. The van der Waals surface area contributed by atoms with Crippen LogP contribution in [0, 0.1) is 26.7 Å². The van der Waals surface area contributed by atoms with Crippen LogP contribution in [0.3, 0.4) is 0 Å². The Balaban J connectivity index is 1.97. The molecule has 0 saturated carbocycles. The van der Waals surface area contributed by atoms with Gasteiger partial charge in [-0.25, -0.2) is 18.0 Å². The fourth-order valence-corrected chi connectivity index (χ4v) is 4.71. The molecule has 3 rings (SSSR count). The van der Waals surface area contributed by atoms with Gasteiger partial charge in [-0.05, 0) is 62.1 Å². The number of carbonyl (C=O) groups excluding carboxylic acids is 1. The fraction of sp³-hybridized carbons (Fsp3) is 0.333. The normalized spacial score (nSPS) is 13.7. The van der Waals surface area contributed by atoms with Crippen molar-refractivity contribution in [3.63, 3.8) is 0 Å². The Bertz CT molecular complexity index is 1310. The van der Waals surface area contributed by atoms with Crippen LogP contribution in [-0.2, 0) is 14.8 Å². The molecule has 0 aliphatic carbocycles. The van der Waals surface area contributed by atoms with E-state index in [1.54, 1.807) is 45.0 Å². The Morgan fingerprint density at radius 3 is 2.34 bits per heavy atom. The molecule has 2 atom stereocenters. The number of sulfonamides is 1. The summed E-state index contributed by atoms with van der Waals surface area (Å²) in [7, 11) is -3.94. The number of fused-ring (bicyclic) bond motifs is 1. The number of ether oxygens (including phenoxy) is 1. The summed E-state index contributed by atoms with van der Waals surface area (Å²) in [6.07, 6.45) is 0.554. The number of carbonyl (C=O) groups is 1. The highest BCUT2D eigenvalue weighted by atomic mass is 32.2. The highest BCUT2D eigenvalue weighted by molar-refractivity contribution is 7.89. The summed E-state index contributed by atoms with van der Waals surface area (Å²) >= 11 is 0. The van der Waals surface area contributed by atoms with Crippen LogP contribution in [0.5, 0.6) is 5.75 Å². The van der Waals surface area contributed by atoms with Gasteiger partial charge < -0.3 is 9.15 Å². The Morgan fingerprint density at radius 1 is 1.06 bits per heavy atom. The zero-order valence-corrected chi connectivity index (χ0v) is 19.6. The number of esters is 1. The van der Waals surface area contributed by atoms with E-state index >= 15 is 0 Å². The van der Waals surface area contributed by atoms with Crippen molar-refractivity contribution in [1.82, 2.24) is 4.72 Å². The minimum absolute atomic E-state index is 0.0721. The van der Waals surface area contributed by atoms with Crippen LogP contribution in [0.4, 0.5) is 0 Å². The van der Waals surface area contributed by atoms with E-state index in [4.69, 9.17) is 9.15 Å². The van der Waals surface area contributed by atoms with Crippen molar-refractivity contribution >= 4 is 27.0 Å². The van der Waals surface area contributed by atoms with Gasteiger partial charge in [0.15, 0.2) is 0 Å². The first-order valence-electron chi connectivity index (χ1n) is 10.4. The predicted octanol–water partition coefficient (Wildman–Crippen LogP) is 4.02. The number of hydrogen-bond donors (Lipinski definition) is 1. The van der Waals surface area contributed by atoms with Gasteiger partial charge in [0.1, 0.15) is 17.4 Å². The van der Waals surface area contributed by atoms with E-state index in [-0.39, 0.29) is 16.6 Å². The molecule has 0 radical (unpaired) electrons. The van der Waals surface area contributed by atoms with Crippen LogP contribution in [0.1, 0.15) is 37.0 Å². The van der Waals surface area contributed by atoms with E-state index in [0.717, 1.165) is 11.1 Å². The lowest BCUT2D eigenvalue weighted by Crippen LogP contribution is -2.47. The van der Waals surface area contributed by atoms with Crippen LogP contribution in [-0.4, -0.2) is 20.4 Å². The molecule has 0 fully saturated rings. The van der Waals surface area contributed by atoms with Gasteiger partial charge in [-0.1, -0.05) is 38.0 Å². The Hall–Kier alpha value is -2.97. The van der Waals surface area contributed by atoms with E-state index in [1.165, 1.54) is 18.2 Å². The molecule has 170 valence electrons. The van der Waals surface area contributed by atoms with Gasteiger partial charge in [0, 0.05) is 6.07 Å². The number of rotatable bonds is 7. The van der Waals surface area contributed by atoms with E-state index in [0.29, 0.717) is 23.0 Å². The molecule has 0 bridgehead atoms. The lowest BCUT2D eigenvalue weighted by molar-refractivity contribution is -0.137. The van der Waals surface area contributed by atoms with Crippen molar-refractivity contribution < 1.29 is 22.4 Å². The zero-order valence-electron chi connectivity index (χ0n) is 18.8. The molecule has 1 heterocycles. The van der Waals surface area contributed by atoms with Crippen molar-refractivity contribution in [3.05, 3.63) is 69.6 Å². The van der Waals surface area contributed by atoms with Gasteiger partial charge in [0.2, 0.25) is 10.0 Å². The van der Waals surface area contributed by atoms with E-state index < -0.39 is 27.7 Å². The maximum atomic E-state index is 13.2. The minimum Gasteiger partial charge on any atom is -0.425 e. The molecule has 0 aliphatic rings. The first-order valence-corrected chi connectivity index (χ1v) is 11.9. The van der Waals surface area contributed by atoms with E-state index in [2.05, 4.69) is 4.72 Å². The number of hydrogen-bond acceptors (Lipinski definition) is 6. The molecular formula is C24H27NO6S. The van der Waals surface area contributed by atoms with Crippen molar-refractivity contribution in [2.45, 2.75) is 52.0 Å². The Morgan fingerprint density at radius 2 is 1.72 bits per heavy atom. The Labute approximate surface area is 187 Å². The second-order valence-corrected chi connectivity index (χ2v) is 9.82. The zero-order chi connectivity index (χ0) is 23.6. The molecule has 3 aromatic rings. The number of nitrogens with one attached hydrogen (secondary N) is 1. The van der Waals surface area contributed by atoms with Crippen LogP contribution < -0.4 is 15.1 Å². The van der Waals surface area contributed by atoms with E-state index in [9.17, 15) is 18.0 Å².